The van der Waals surface area contributed by atoms with Gasteiger partial charge >= 0.3 is 0 Å². The van der Waals surface area contributed by atoms with Crippen molar-refractivity contribution in [3.8, 4) is 0 Å². The maximum absolute atomic E-state index is 6.01. The largest absolute Gasteiger partial charge is 0.349 e. The molecule has 0 radical (unpaired) electrons. The van der Waals surface area contributed by atoms with Gasteiger partial charge in [-0.1, -0.05) is 24.3 Å². The van der Waals surface area contributed by atoms with Gasteiger partial charge in [-0.15, -0.1) is 0 Å². The summed E-state index contributed by atoms with van der Waals surface area (Å²) >= 11 is 0. The zero-order valence-electron chi connectivity index (χ0n) is 12.0. The highest BCUT2D eigenvalue weighted by molar-refractivity contribution is 5.33. The first-order valence-electron chi connectivity index (χ1n) is 7.93. The van der Waals surface area contributed by atoms with E-state index in [0.29, 0.717) is 6.04 Å². The zero-order valence-corrected chi connectivity index (χ0v) is 12.0. The molecule has 20 heavy (non-hydrogen) atoms. The molecule has 3 nitrogen and oxygen atoms in total. The lowest BCUT2D eigenvalue weighted by Crippen LogP contribution is -2.57. The lowest BCUT2D eigenvalue weighted by molar-refractivity contribution is -0.285. The molecule has 2 heterocycles. The number of benzene rings is 1. The van der Waals surface area contributed by atoms with E-state index in [1.165, 1.54) is 36.8 Å². The van der Waals surface area contributed by atoms with Crippen LogP contribution < -0.4 is 0 Å². The smallest absolute Gasteiger partial charge is 0.181 e. The van der Waals surface area contributed by atoms with Gasteiger partial charge in [0.15, 0.2) is 5.79 Å². The Kier molecular flexibility index (Phi) is 3.29. The highest BCUT2D eigenvalue weighted by atomic mass is 16.7. The molecule has 1 aliphatic carbocycles. The summed E-state index contributed by atoms with van der Waals surface area (Å²) in [6.45, 7) is 3.67. The fourth-order valence-electron chi connectivity index (χ4n) is 3.95. The molecule has 1 aromatic rings. The second kappa shape index (κ2) is 5.14. The first-order chi connectivity index (χ1) is 9.85. The summed E-state index contributed by atoms with van der Waals surface area (Å²) in [6, 6.07) is 9.52. The Hall–Kier alpha value is -0.900. The molecule has 2 saturated heterocycles. The van der Waals surface area contributed by atoms with Crippen molar-refractivity contribution in [1.29, 1.82) is 0 Å². The van der Waals surface area contributed by atoms with Crippen LogP contribution in [0.1, 0.15) is 30.4 Å². The van der Waals surface area contributed by atoms with E-state index >= 15 is 0 Å². The Bertz CT molecular complexity index is 451. The summed E-state index contributed by atoms with van der Waals surface area (Å²) in [5, 5.41) is 0. The van der Waals surface area contributed by atoms with Crippen molar-refractivity contribution in [3.05, 3.63) is 35.4 Å². The standard InChI is InChI=1S/C17H23NO2/c1-2-6-15-12-16(11-14(15)5-1)18-8-10-20-17(13-18)7-3-4-9-19-17/h1-2,5-6,16H,3-4,7-13H2. The number of ether oxygens (including phenoxy) is 2. The number of hydrogen-bond donors (Lipinski definition) is 0. The van der Waals surface area contributed by atoms with Gasteiger partial charge in [-0.05, 0) is 36.8 Å². The fraction of sp³-hybridized carbons (Fsp3) is 0.647. The Morgan fingerprint density at radius 1 is 1.00 bits per heavy atom. The molecular weight excluding hydrogens is 250 g/mol. The number of rotatable bonds is 1. The molecule has 1 aromatic carbocycles. The van der Waals surface area contributed by atoms with Crippen molar-refractivity contribution in [2.75, 3.05) is 26.3 Å². The summed E-state index contributed by atoms with van der Waals surface area (Å²) in [4.78, 5) is 2.61. The van der Waals surface area contributed by atoms with Crippen LogP contribution >= 0.6 is 0 Å². The van der Waals surface area contributed by atoms with Crippen molar-refractivity contribution >= 4 is 0 Å². The highest BCUT2D eigenvalue weighted by Gasteiger charge is 2.41. The quantitative estimate of drug-likeness (QED) is 0.784. The van der Waals surface area contributed by atoms with Gasteiger partial charge in [-0.25, -0.2) is 0 Å². The summed E-state index contributed by atoms with van der Waals surface area (Å²) < 4.78 is 12.0. The fourth-order valence-corrected chi connectivity index (χ4v) is 3.95. The maximum atomic E-state index is 6.01. The van der Waals surface area contributed by atoms with Crippen LogP contribution in [0.25, 0.3) is 0 Å². The minimum atomic E-state index is -0.300. The second-order valence-electron chi connectivity index (χ2n) is 6.37. The summed E-state index contributed by atoms with van der Waals surface area (Å²) in [6.07, 6.45) is 5.85. The first kappa shape index (κ1) is 12.8. The Labute approximate surface area is 120 Å². The van der Waals surface area contributed by atoms with Gasteiger partial charge in [0, 0.05) is 19.0 Å². The van der Waals surface area contributed by atoms with Crippen LogP contribution in [0.15, 0.2) is 24.3 Å². The van der Waals surface area contributed by atoms with Gasteiger partial charge in [0.05, 0.1) is 19.8 Å². The summed E-state index contributed by atoms with van der Waals surface area (Å²) in [5.41, 5.74) is 3.06. The van der Waals surface area contributed by atoms with Crippen LogP contribution in [0.3, 0.4) is 0 Å². The molecule has 4 rings (SSSR count). The minimum Gasteiger partial charge on any atom is -0.349 e. The molecule has 2 aliphatic heterocycles. The number of fused-ring (bicyclic) bond motifs is 1. The van der Waals surface area contributed by atoms with Crippen molar-refractivity contribution in [1.82, 2.24) is 4.90 Å². The Morgan fingerprint density at radius 3 is 2.45 bits per heavy atom. The van der Waals surface area contributed by atoms with Gasteiger partial charge in [0.1, 0.15) is 0 Å². The molecule has 2 fully saturated rings. The average molecular weight is 273 g/mol. The van der Waals surface area contributed by atoms with Gasteiger partial charge in [0.25, 0.3) is 0 Å². The van der Waals surface area contributed by atoms with Crippen LogP contribution in [0.2, 0.25) is 0 Å². The molecule has 108 valence electrons. The van der Waals surface area contributed by atoms with Crippen molar-refractivity contribution in [2.45, 2.75) is 43.9 Å². The predicted molar refractivity (Wildman–Crippen MR) is 77.7 cm³/mol. The summed E-state index contributed by atoms with van der Waals surface area (Å²) in [7, 11) is 0. The van der Waals surface area contributed by atoms with Gasteiger partial charge in [0.2, 0.25) is 0 Å². The minimum absolute atomic E-state index is 0.300. The molecule has 0 bridgehead atoms. The monoisotopic (exact) mass is 273 g/mol. The molecule has 1 unspecified atom stereocenters. The highest BCUT2D eigenvalue weighted by Crippen LogP contribution is 2.33. The SMILES string of the molecule is c1ccc2c(c1)CC(N1CCOC3(CCCCO3)C1)C2. The second-order valence-corrected chi connectivity index (χ2v) is 6.37. The van der Waals surface area contributed by atoms with E-state index in [2.05, 4.69) is 29.2 Å². The molecule has 0 N–H and O–H groups in total. The zero-order chi connectivity index (χ0) is 13.4. The first-order valence-corrected chi connectivity index (χ1v) is 7.93. The van der Waals surface area contributed by atoms with Gasteiger partial charge < -0.3 is 9.47 Å². The lowest BCUT2D eigenvalue weighted by atomic mass is 10.0. The molecule has 0 saturated carbocycles. The van der Waals surface area contributed by atoms with E-state index in [0.717, 1.165) is 32.7 Å². The molecule has 1 spiro atoms. The molecular formula is C17H23NO2. The normalized spacial score (nSPS) is 31.6. The van der Waals surface area contributed by atoms with Crippen LogP contribution in [0.5, 0.6) is 0 Å². The van der Waals surface area contributed by atoms with E-state index in [-0.39, 0.29) is 5.79 Å². The van der Waals surface area contributed by atoms with E-state index in [4.69, 9.17) is 9.47 Å². The van der Waals surface area contributed by atoms with Crippen LogP contribution in [-0.4, -0.2) is 43.0 Å². The van der Waals surface area contributed by atoms with E-state index in [1.807, 2.05) is 0 Å². The molecule has 0 amide bonds. The average Bonchev–Trinajstić information content (AvgIpc) is 2.92. The molecule has 1 atom stereocenters. The van der Waals surface area contributed by atoms with Crippen molar-refractivity contribution in [2.24, 2.45) is 0 Å². The maximum Gasteiger partial charge on any atom is 0.181 e. The third-order valence-electron chi connectivity index (χ3n) is 5.05. The van der Waals surface area contributed by atoms with E-state index < -0.39 is 0 Å². The third-order valence-corrected chi connectivity index (χ3v) is 5.05. The Morgan fingerprint density at radius 2 is 1.75 bits per heavy atom. The number of morpholine rings is 1. The van der Waals surface area contributed by atoms with Crippen molar-refractivity contribution < 1.29 is 9.47 Å². The molecule has 3 heteroatoms. The topological polar surface area (TPSA) is 21.7 Å². The summed E-state index contributed by atoms with van der Waals surface area (Å²) in [5.74, 6) is -0.300. The van der Waals surface area contributed by atoms with Gasteiger partial charge in [-0.2, -0.15) is 0 Å². The molecule has 3 aliphatic rings. The van der Waals surface area contributed by atoms with Crippen LogP contribution in [0, 0.1) is 0 Å². The third kappa shape index (κ3) is 2.28. The lowest BCUT2D eigenvalue weighted by Gasteiger charge is -2.46. The van der Waals surface area contributed by atoms with Crippen LogP contribution in [0.4, 0.5) is 0 Å². The van der Waals surface area contributed by atoms with Crippen LogP contribution in [-0.2, 0) is 22.3 Å². The van der Waals surface area contributed by atoms with Crippen molar-refractivity contribution in [3.63, 3.8) is 0 Å². The number of hydrogen-bond acceptors (Lipinski definition) is 3. The van der Waals surface area contributed by atoms with E-state index in [1.54, 1.807) is 0 Å². The predicted octanol–water partition coefficient (Wildman–Crippen LogP) is 2.38. The Balaban J connectivity index is 1.47. The molecule has 0 aromatic heterocycles. The van der Waals surface area contributed by atoms with Gasteiger partial charge in [-0.3, -0.25) is 4.90 Å². The number of nitrogens with zero attached hydrogens (tertiary/aromatic N) is 1. The van der Waals surface area contributed by atoms with E-state index in [9.17, 15) is 0 Å².